The fourth-order valence-electron chi connectivity index (χ4n) is 5.11. The molecule has 0 N–H and O–H groups in total. The summed E-state index contributed by atoms with van der Waals surface area (Å²) in [6, 6.07) is 2.14. The average Bonchev–Trinajstić information content (AvgIpc) is 2.52. The monoisotopic (exact) mass is 385 g/mol. The van der Waals surface area contributed by atoms with Crippen molar-refractivity contribution in [1.82, 2.24) is 0 Å². The molecule has 0 heterocycles. The Hall–Kier alpha value is -1.47. The summed E-state index contributed by atoms with van der Waals surface area (Å²) in [5.74, 6) is 0.685. The van der Waals surface area contributed by atoms with Crippen LogP contribution in [0.1, 0.15) is 42.5 Å². The van der Waals surface area contributed by atoms with Gasteiger partial charge >= 0.3 is 10.5 Å². The molecule has 1 aromatic rings. The highest BCUT2D eigenvalue weighted by Gasteiger charge is 2.49. The molecule has 4 aliphatic rings. The minimum Gasteiger partial charge on any atom is -0.488 e. The van der Waals surface area contributed by atoms with Crippen LogP contribution in [0.2, 0.25) is 5.02 Å². The molecule has 0 aromatic heterocycles. The minimum absolute atomic E-state index is 0.0325. The zero-order valence-corrected chi connectivity index (χ0v) is 14.9. The van der Waals surface area contributed by atoms with Gasteiger partial charge in [0.05, 0.1) is 10.6 Å². The van der Waals surface area contributed by atoms with Crippen LogP contribution in [0.15, 0.2) is 16.5 Å². The van der Waals surface area contributed by atoms with Gasteiger partial charge in [0.1, 0.15) is 17.7 Å². The van der Waals surface area contributed by atoms with Crippen molar-refractivity contribution < 1.29 is 22.3 Å². The molecule has 25 heavy (non-hydrogen) atoms. The molecule has 1 amide bonds. The number of halogens is 2. The van der Waals surface area contributed by atoms with E-state index in [1.54, 1.807) is 0 Å². The first kappa shape index (κ1) is 17.0. The van der Waals surface area contributed by atoms with E-state index in [0.29, 0.717) is 11.8 Å². The molecular formula is C17H17ClFNO4S. The van der Waals surface area contributed by atoms with Crippen LogP contribution in [0, 0.1) is 29.5 Å². The van der Waals surface area contributed by atoms with Gasteiger partial charge in [-0.25, -0.2) is 4.39 Å². The number of ether oxygens (including phenoxy) is 1. The normalized spacial score (nSPS) is 32.5. The second-order valence-electron chi connectivity index (χ2n) is 7.39. The third-order valence-electron chi connectivity index (χ3n) is 5.81. The van der Waals surface area contributed by atoms with Crippen LogP contribution < -0.4 is 4.74 Å². The first-order chi connectivity index (χ1) is 11.9. The highest BCUT2D eigenvalue weighted by atomic mass is 35.5. The van der Waals surface area contributed by atoms with Crippen molar-refractivity contribution in [2.75, 3.05) is 0 Å². The summed E-state index contributed by atoms with van der Waals surface area (Å²) in [7, 11) is -2.94. The highest BCUT2D eigenvalue weighted by molar-refractivity contribution is 7.62. The molecule has 0 aliphatic heterocycles. The Bertz CT molecular complexity index is 834. The van der Waals surface area contributed by atoms with Crippen molar-refractivity contribution in [3.63, 3.8) is 0 Å². The summed E-state index contributed by atoms with van der Waals surface area (Å²) in [6.45, 7) is 0. The lowest BCUT2D eigenvalue weighted by atomic mass is 9.55. The van der Waals surface area contributed by atoms with Crippen LogP contribution in [0.5, 0.6) is 5.75 Å². The van der Waals surface area contributed by atoms with Crippen molar-refractivity contribution in [3.05, 3.63) is 28.5 Å². The van der Waals surface area contributed by atoms with E-state index in [9.17, 15) is 17.6 Å². The minimum atomic E-state index is -2.94. The molecule has 4 saturated carbocycles. The molecule has 0 radical (unpaired) electrons. The number of benzene rings is 1. The second-order valence-corrected chi connectivity index (χ2v) is 8.41. The van der Waals surface area contributed by atoms with Gasteiger partial charge in [-0.2, -0.15) is 8.42 Å². The lowest BCUT2D eigenvalue weighted by Gasteiger charge is -2.53. The Morgan fingerprint density at radius 2 is 1.72 bits per heavy atom. The van der Waals surface area contributed by atoms with Gasteiger partial charge in [0, 0.05) is 6.07 Å². The van der Waals surface area contributed by atoms with Gasteiger partial charge in [0.15, 0.2) is 0 Å². The van der Waals surface area contributed by atoms with Gasteiger partial charge in [-0.1, -0.05) is 16.0 Å². The molecule has 5 rings (SSSR count). The van der Waals surface area contributed by atoms with Crippen molar-refractivity contribution in [1.29, 1.82) is 0 Å². The van der Waals surface area contributed by atoms with Gasteiger partial charge in [0.2, 0.25) is 0 Å². The van der Waals surface area contributed by atoms with E-state index in [1.807, 2.05) is 0 Å². The Balaban J connectivity index is 1.58. The number of nitrogens with zero attached hydrogens (tertiary/aromatic N) is 1. The lowest BCUT2D eigenvalue weighted by molar-refractivity contribution is -0.0790. The van der Waals surface area contributed by atoms with Gasteiger partial charge in [-0.05, 0) is 61.8 Å². The summed E-state index contributed by atoms with van der Waals surface area (Å²) >= 11 is 6.16. The quantitative estimate of drug-likeness (QED) is 0.791. The number of hydrogen-bond donors (Lipinski definition) is 0. The third-order valence-corrected chi connectivity index (χ3v) is 6.42. The maximum absolute atomic E-state index is 14.2. The second kappa shape index (κ2) is 6.36. The smallest absolute Gasteiger partial charge is 0.319 e. The number of rotatable bonds is 3. The van der Waals surface area contributed by atoms with Gasteiger partial charge in [-0.15, -0.1) is 0 Å². The van der Waals surface area contributed by atoms with Crippen molar-refractivity contribution in [3.8, 4) is 5.75 Å². The first-order valence-electron chi connectivity index (χ1n) is 8.42. The molecule has 4 aliphatic carbocycles. The first-order valence-corrected chi connectivity index (χ1v) is 9.83. The summed E-state index contributed by atoms with van der Waals surface area (Å²) in [5.41, 5.74) is -0.480. The molecule has 0 saturated heterocycles. The van der Waals surface area contributed by atoms with Crippen molar-refractivity contribution in [2.45, 2.75) is 38.2 Å². The standard InChI is InChI=1S/C17H17ClFNO4S/c18-13-6-12(17(21)20-25(22)23)14(19)7-15(13)24-16-10-2-8-1-9(4-10)5-11(16)3-8/h6-11,16H,1-5H2. The summed E-state index contributed by atoms with van der Waals surface area (Å²) in [4.78, 5) is 11.6. The molecular weight excluding hydrogens is 369 g/mol. The highest BCUT2D eigenvalue weighted by Crippen LogP contribution is 2.54. The molecule has 134 valence electrons. The van der Waals surface area contributed by atoms with E-state index in [-0.39, 0.29) is 16.9 Å². The number of hydrogen-bond acceptors (Lipinski definition) is 4. The van der Waals surface area contributed by atoms with E-state index < -0.39 is 27.8 Å². The molecule has 0 spiro atoms. The topological polar surface area (TPSA) is 72.8 Å². The maximum atomic E-state index is 14.2. The number of carbonyl (C=O) groups excluding carboxylic acids is 1. The Labute approximate surface area is 151 Å². The van der Waals surface area contributed by atoms with E-state index in [4.69, 9.17) is 16.3 Å². The van der Waals surface area contributed by atoms with Gasteiger partial charge in [0.25, 0.3) is 5.91 Å². The molecule has 4 bridgehead atoms. The zero-order valence-electron chi connectivity index (χ0n) is 13.3. The molecule has 0 atom stereocenters. The summed E-state index contributed by atoms with van der Waals surface area (Å²) in [5, 5.41) is 0.0884. The van der Waals surface area contributed by atoms with Crippen molar-refractivity contribution >= 4 is 28.0 Å². The van der Waals surface area contributed by atoms with E-state index in [0.717, 1.165) is 49.7 Å². The average molecular weight is 386 g/mol. The molecule has 0 unspecified atom stereocenters. The fraction of sp³-hybridized carbons (Fsp3) is 0.588. The van der Waals surface area contributed by atoms with Gasteiger partial charge < -0.3 is 4.74 Å². The third kappa shape index (κ3) is 3.19. The fourth-order valence-corrected chi connectivity index (χ4v) is 5.56. The Morgan fingerprint density at radius 1 is 1.12 bits per heavy atom. The lowest BCUT2D eigenvalue weighted by Crippen LogP contribution is -2.50. The maximum Gasteiger partial charge on any atom is 0.319 e. The molecule has 4 fully saturated rings. The zero-order chi connectivity index (χ0) is 17.7. The van der Waals surface area contributed by atoms with Crippen LogP contribution >= 0.6 is 11.6 Å². The Morgan fingerprint density at radius 3 is 2.28 bits per heavy atom. The largest absolute Gasteiger partial charge is 0.488 e. The van der Waals surface area contributed by atoms with E-state index in [1.165, 1.54) is 6.42 Å². The van der Waals surface area contributed by atoms with Crippen molar-refractivity contribution in [2.24, 2.45) is 28.0 Å². The molecule has 5 nitrogen and oxygen atoms in total. The summed E-state index contributed by atoms with van der Waals surface area (Å²) < 4.78 is 44.1. The number of amides is 1. The predicted octanol–water partition coefficient (Wildman–Crippen LogP) is 3.89. The molecule has 8 heteroatoms. The molecule has 1 aromatic carbocycles. The summed E-state index contributed by atoms with van der Waals surface area (Å²) in [6.07, 6.45) is 5.98. The van der Waals surface area contributed by atoms with Crippen LogP contribution in [0.25, 0.3) is 0 Å². The van der Waals surface area contributed by atoms with E-state index >= 15 is 0 Å². The number of carbonyl (C=O) groups is 1. The van der Waals surface area contributed by atoms with Crippen LogP contribution in [-0.4, -0.2) is 20.4 Å². The van der Waals surface area contributed by atoms with E-state index in [2.05, 4.69) is 4.36 Å². The predicted molar refractivity (Wildman–Crippen MR) is 88.5 cm³/mol. The van der Waals surface area contributed by atoms with Crippen LogP contribution in [-0.2, 0) is 10.5 Å². The Kier molecular flexibility index (Phi) is 4.32. The van der Waals surface area contributed by atoms with Crippen LogP contribution in [0.4, 0.5) is 4.39 Å². The van der Waals surface area contributed by atoms with Gasteiger partial charge in [-0.3, -0.25) is 4.79 Å². The SMILES string of the molecule is O=C(N=S(=O)=O)c1cc(Cl)c(OC2C3CC4CC(C3)CC2C4)cc1F. The van der Waals surface area contributed by atoms with Crippen LogP contribution in [0.3, 0.4) is 0 Å².